The topological polar surface area (TPSA) is 69.2 Å². The standard InChI is InChI=1S/C30H28N2O4/c1-3-19-34-29-18-13-24-11-7-8-12-27(24)28(29)20-31-32-30(33)22(2)36-26-16-14-25(15-17-26)35-21-23-9-5-4-6-10-23/h3-18,20,22H,1,19,21H2,2H3,(H,32,33)/b31-20+. The van der Waals surface area contributed by atoms with Gasteiger partial charge in [-0.1, -0.05) is 73.3 Å². The van der Waals surface area contributed by atoms with Gasteiger partial charge >= 0.3 is 0 Å². The van der Waals surface area contributed by atoms with E-state index in [1.807, 2.05) is 78.9 Å². The van der Waals surface area contributed by atoms with Crippen LogP contribution >= 0.6 is 0 Å². The van der Waals surface area contributed by atoms with E-state index < -0.39 is 6.10 Å². The van der Waals surface area contributed by atoms with Crippen LogP contribution in [0.2, 0.25) is 0 Å². The first-order valence-electron chi connectivity index (χ1n) is 11.7. The van der Waals surface area contributed by atoms with Gasteiger partial charge in [-0.3, -0.25) is 4.79 Å². The normalized spacial score (nSPS) is 11.7. The van der Waals surface area contributed by atoms with Gasteiger partial charge < -0.3 is 14.2 Å². The largest absolute Gasteiger partial charge is 0.489 e. The molecule has 0 aliphatic carbocycles. The zero-order valence-corrected chi connectivity index (χ0v) is 20.1. The van der Waals surface area contributed by atoms with Crippen molar-refractivity contribution in [3.05, 3.63) is 115 Å². The molecule has 6 nitrogen and oxygen atoms in total. The van der Waals surface area contributed by atoms with Crippen LogP contribution < -0.4 is 19.6 Å². The van der Waals surface area contributed by atoms with Crippen LogP contribution in [0.15, 0.2) is 109 Å². The number of hydrogen-bond donors (Lipinski definition) is 1. The Kier molecular flexibility index (Phi) is 8.33. The van der Waals surface area contributed by atoms with Gasteiger partial charge in [-0.05, 0) is 53.6 Å². The molecule has 0 radical (unpaired) electrons. The third-order valence-electron chi connectivity index (χ3n) is 5.41. The van der Waals surface area contributed by atoms with Crippen molar-refractivity contribution in [3.8, 4) is 17.2 Å². The number of amides is 1. The predicted molar refractivity (Wildman–Crippen MR) is 143 cm³/mol. The molecule has 4 aromatic carbocycles. The smallest absolute Gasteiger partial charge is 0.280 e. The Morgan fingerprint density at radius 2 is 1.64 bits per heavy atom. The van der Waals surface area contributed by atoms with Crippen molar-refractivity contribution in [2.45, 2.75) is 19.6 Å². The first-order chi connectivity index (χ1) is 17.6. The van der Waals surface area contributed by atoms with E-state index in [1.54, 1.807) is 31.3 Å². The van der Waals surface area contributed by atoms with Crippen molar-refractivity contribution >= 4 is 22.9 Å². The van der Waals surface area contributed by atoms with E-state index in [2.05, 4.69) is 17.1 Å². The quantitative estimate of drug-likeness (QED) is 0.165. The minimum atomic E-state index is -0.748. The molecule has 0 fully saturated rings. The molecule has 0 saturated heterocycles. The Hall–Kier alpha value is -4.58. The van der Waals surface area contributed by atoms with E-state index in [0.717, 1.165) is 27.6 Å². The van der Waals surface area contributed by atoms with Crippen molar-refractivity contribution in [3.63, 3.8) is 0 Å². The number of nitrogens with one attached hydrogen (secondary N) is 1. The molecular weight excluding hydrogens is 452 g/mol. The zero-order valence-electron chi connectivity index (χ0n) is 20.1. The highest BCUT2D eigenvalue weighted by molar-refractivity contribution is 6.02. The molecule has 0 bridgehead atoms. The van der Waals surface area contributed by atoms with Gasteiger partial charge in [0, 0.05) is 5.56 Å². The molecule has 0 aromatic heterocycles. The highest BCUT2D eigenvalue weighted by Crippen LogP contribution is 2.27. The van der Waals surface area contributed by atoms with Gasteiger partial charge in [0.15, 0.2) is 6.10 Å². The molecule has 6 heteroatoms. The first kappa shape index (κ1) is 24.5. The molecule has 4 rings (SSSR count). The van der Waals surface area contributed by atoms with Crippen molar-refractivity contribution in [2.24, 2.45) is 5.10 Å². The van der Waals surface area contributed by atoms with Crippen molar-refractivity contribution in [1.29, 1.82) is 0 Å². The maximum atomic E-state index is 12.6. The summed E-state index contributed by atoms with van der Waals surface area (Å²) in [5, 5.41) is 6.17. The van der Waals surface area contributed by atoms with E-state index in [0.29, 0.717) is 24.7 Å². The van der Waals surface area contributed by atoms with E-state index in [9.17, 15) is 4.79 Å². The van der Waals surface area contributed by atoms with Crippen molar-refractivity contribution in [2.75, 3.05) is 6.61 Å². The molecular formula is C30H28N2O4. The lowest BCUT2D eigenvalue weighted by Gasteiger charge is -2.14. The monoisotopic (exact) mass is 480 g/mol. The van der Waals surface area contributed by atoms with E-state index in [4.69, 9.17) is 14.2 Å². The van der Waals surface area contributed by atoms with Crippen LogP contribution in [0.5, 0.6) is 17.2 Å². The second kappa shape index (κ2) is 12.2. The summed E-state index contributed by atoms with van der Waals surface area (Å²) in [6.45, 7) is 6.21. The van der Waals surface area contributed by atoms with Crippen molar-refractivity contribution < 1.29 is 19.0 Å². The van der Waals surface area contributed by atoms with Crippen molar-refractivity contribution in [1.82, 2.24) is 5.43 Å². The zero-order chi connectivity index (χ0) is 25.2. The number of carbonyl (C=O) groups is 1. The summed E-state index contributed by atoms with van der Waals surface area (Å²) < 4.78 is 17.3. The second-order valence-electron chi connectivity index (χ2n) is 8.04. The first-order valence-corrected chi connectivity index (χ1v) is 11.7. The molecule has 1 atom stereocenters. The van der Waals surface area contributed by atoms with Crippen LogP contribution in [0.25, 0.3) is 10.8 Å². The third kappa shape index (κ3) is 6.51. The maximum absolute atomic E-state index is 12.6. The van der Waals surface area contributed by atoms with Crippen LogP contribution in [0.1, 0.15) is 18.1 Å². The Labute approximate surface area is 210 Å². The van der Waals surface area contributed by atoms with Gasteiger partial charge in [0.1, 0.15) is 30.5 Å². The number of fused-ring (bicyclic) bond motifs is 1. The molecule has 1 unspecified atom stereocenters. The van der Waals surface area contributed by atoms with Gasteiger partial charge in [0.25, 0.3) is 5.91 Å². The number of carbonyl (C=O) groups excluding carboxylic acids is 1. The van der Waals surface area contributed by atoms with Crippen LogP contribution in [0.3, 0.4) is 0 Å². The van der Waals surface area contributed by atoms with Gasteiger partial charge in [0.2, 0.25) is 0 Å². The van der Waals surface area contributed by atoms with Gasteiger partial charge in [0.05, 0.1) is 6.21 Å². The highest BCUT2D eigenvalue weighted by Gasteiger charge is 2.14. The number of hydrazone groups is 1. The van der Waals surface area contributed by atoms with E-state index in [1.165, 1.54) is 0 Å². The average molecular weight is 481 g/mol. The summed E-state index contributed by atoms with van der Waals surface area (Å²) in [6.07, 6.45) is 2.52. The molecule has 0 aliphatic rings. The number of hydrogen-bond acceptors (Lipinski definition) is 5. The summed E-state index contributed by atoms with van der Waals surface area (Å²) in [7, 11) is 0. The van der Waals surface area contributed by atoms with Gasteiger partial charge in [-0.25, -0.2) is 5.43 Å². The lowest BCUT2D eigenvalue weighted by Crippen LogP contribution is -2.33. The molecule has 182 valence electrons. The molecule has 4 aromatic rings. The minimum absolute atomic E-state index is 0.368. The van der Waals surface area contributed by atoms with Crippen LogP contribution in [0.4, 0.5) is 0 Å². The van der Waals surface area contributed by atoms with E-state index in [-0.39, 0.29) is 5.91 Å². The minimum Gasteiger partial charge on any atom is -0.489 e. The second-order valence-corrected chi connectivity index (χ2v) is 8.04. The summed E-state index contributed by atoms with van der Waals surface area (Å²) in [6, 6.07) is 28.9. The fraction of sp³-hybridized carbons (Fsp3) is 0.133. The third-order valence-corrected chi connectivity index (χ3v) is 5.41. The Morgan fingerprint density at radius 3 is 2.42 bits per heavy atom. The fourth-order valence-corrected chi connectivity index (χ4v) is 3.55. The predicted octanol–water partition coefficient (Wildman–Crippen LogP) is 5.90. The molecule has 0 aliphatic heterocycles. The van der Waals surface area contributed by atoms with E-state index >= 15 is 0 Å². The molecule has 1 amide bonds. The summed E-state index contributed by atoms with van der Waals surface area (Å²) >= 11 is 0. The number of nitrogens with zero attached hydrogens (tertiary/aromatic N) is 1. The number of ether oxygens (including phenoxy) is 3. The SMILES string of the molecule is C=CCOc1ccc2ccccc2c1/C=N/NC(=O)C(C)Oc1ccc(OCc2ccccc2)cc1. The molecule has 36 heavy (non-hydrogen) atoms. The highest BCUT2D eigenvalue weighted by atomic mass is 16.5. The van der Waals surface area contributed by atoms with Crippen LogP contribution in [0, 0.1) is 0 Å². The molecule has 0 heterocycles. The molecule has 0 spiro atoms. The lowest BCUT2D eigenvalue weighted by atomic mass is 10.0. The average Bonchev–Trinajstić information content (AvgIpc) is 2.92. The van der Waals surface area contributed by atoms with Crippen LogP contribution in [-0.4, -0.2) is 24.8 Å². The fourth-order valence-electron chi connectivity index (χ4n) is 3.55. The maximum Gasteiger partial charge on any atom is 0.280 e. The Bertz CT molecular complexity index is 1330. The Morgan fingerprint density at radius 1 is 0.917 bits per heavy atom. The molecule has 1 N–H and O–H groups in total. The summed E-state index contributed by atoms with van der Waals surface area (Å²) in [5.74, 6) is 1.57. The summed E-state index contributed by atoms with van der Waals surface area (Å²) in [5.41, 5.74) is 4.42. The Balaban J connectivity index is 1.34. The van der Waals surface area contributed by atoms with Gasteiger partial charge in [-0.15, -0.1) is 0 Å². The summed E-state index contributed by atoms with van der Waals surface area (Å²) in [4.78, 5) is 12.6. The van der Waals surface area contributed by atoms with Crippen LogP contribution in [-0.2, 0) is 11.4 Å². The molecule has 0 saturated carbocycles. The lowest BCUT2D eigenvalue weighted by molar-refractivity contribution is -0.127. The number of benzene rings is 4. The van der Waals surface area contributed by atoms with Gasteiger partial charge in [-0.2, -0.15) is 5.10 Å². The number of rotatable bonds is 11.